The Balaban J connectivity index is 2.04. The normalized spacial score (nSPS) is 13.7. The molecule has 1 aliphatic rings. The third-order valence-corrected chi connectivity index (χ3v) is 3.76. The second kappa shape index (κ2) is 7.26. The standard InChI is InChI=1S/C17H22N2O4/c1-11(2)19(10-9-15(20)21)17(23)13-5-3-12(4-6-13)16(22)18-14-7-8-14/h3-6,11,14H,7-10H2,1-2H3,(H,18,22)(H,20,21). The quantitative estimate of drug-likeness (QED) is 0.804. The van der Waals surface area contributed by atoms with Crippen molar-refractivity contribution in [3.63, 3.8) is 0 Å². The average Bonchev–Trinajstić information content (AvgIpc) is 3.30. The highest BCUT2D eigenvalue weighted by molar-refractivity contribution is 5.98. The molecular formula is C17H22N2O4. The van der Waals surface area contributed by atoms with Crippen LogP contribution < -0.4 is 5.32 Å². The summed E-state index contributed by atoms with van der Waals surface area (Å²) in [5.74, 6) is -1.29. The molecule has 1 saturated carbocycles. The first-order chi connectivity index (χ1) is 10.9. The van der Waals surface area contributed by atoms with Crippen LogP contribution in [0.15, 0.2) is 24.3 Å². The van der Waals surface area contributed by atoms with Gasteiger partial charge in [-0.25, -0.2) is 0 Å². The molecule has 0 unspecified atom stereocenters. The summed E-state index contributed by atoms with van der Waals surface area (Å²) >= 11 is 0. The van der Waals surface area contributed by atoms with E-state index >= 15 is 0 Å². The van der Waals surface area contributed by atoms with Gasteiger partial charge in [0.25, 0.3) is 11.8 Å². The lowest BCUT2D eigenvalue weighted by atomic mass is 10.1. The summed E-state index contributed by atoms with van der Waals surface area (Å²) < 4.78 is 0. The molecule has 23 heavy (non-hydrogen) atoms. The van der Waals surface area contributed by atoms with Gasteiger partial charge in [-0.1, -0.05) is 0 Å². The Labute approximate surface area is 135 Å². The maximum absolute atomic E-state index is 12.5. The predicted octanol–water partition coefficient (Wildman–Crippen LogP) is 1.90. The highest BCUT2D eigenvalue weighted by Crippen LogP contribution is 2.19. The van der Waals surface area contributed by atoms with Crippen molar-refractivity contribution >= 4 is 17.8 Å². The van der Waals surface area contributed by atoms with Gasteiger partial charge in [0.2, 0.25) is 0 Å². The van der Waals surface area contributed by atoms with Crippen LogP contribution in [0, 0.1) is 0 Å². The van der Waals surface area contributed by atoms with Gasteiger partial charge in [-0.05, 0) is 51.0 Å². The Morgan fingerprint density at radius 1 is 1.17 bits per heavy atom. The third kappa shape index (κ3) is 4.81. The van der Waals surface area contributed by atoms with E-state index in [4.69, 9.17) is 5.11 Å². The number of hydrogen-bond acceptors (Lipinski definition) is 3. The fourth-order valence-electron chi connectivity index (χ4n) is 2.24. The van der Waals surface area contributed by atoms with Crippen LogP contribution in [-0.2, 0) is 4.79 Å². The average molecular weight is 318 g/mol. The van der Waals surface area contributed by atoms with Crippen LogP contribution in [0.5, 0.6) is 0 Å². The van der Waals surface area contributed by atoms with Gasteiger partial charge in [0.05, 0.1) is 6.42 Å². The number of nitrogens with one attached hydrogen (secondary N) is 1. The van der Waals surface area contributed by atoms with Gasteiger partial charge in [-0.2, -0.15) is 0 Å². The van der Waals surface area contributed by atoms with E-state index in [0.717, 1.165) is 12.8 Å². The van der Waals surface area contributed by atoms with Crippen molar-refractivity contribution in [1.29, 1.82) is 0 Å². The van der Waals surface area contributed by atoms with Crippen LogP contribution in [0.4, 0.5) is 0 Å². The molecule has 2 amide bonds. The predicted molar refractivity (Wildman–Crippen MR) is 85.4 cm³/mol. The van der Waals surface area contributed by atoms with Crippen LogP contribution in [0.1, 0.15) is 53.8 Å². The minimum Gasteiger partial charge on any atom is -0.481 e. The number of carbonyl (C=O) groups is 3. The van der Waals surface area contributed by atoms with Gasteiger partial charge in [0, 0.05) is 29.8 Å². The molecule has 6 nitrogen and oxygen atoms in total. The lowest BCUT2D eigenvalue weighted by molar-refractivity contribution is -0.137. The number of benzene rings is 1. The van der Waals surface area contributed by atoms with E-state index < -0.39 is 5.97 Å². The van der Waals surface area contributed by atoms with Gasteiger partial charge in [0.15, 0.2) is 0 Å². The SMILES string of the molecule is CC(C)N(CCC(=O)O)C(=O)c1ccc(C(=O)NC2CC2)cc1. The molecule has 0 aromatic heterocycles. The molecule has 0 heterocycles. The molecule has 1 aromatic carbocycles. The second-order valence-corrected chi connectivity index (χ2v) is 6.06. The first-order valence-electron chi connectivity index (χ1n) is 7.82. The molecule has 124 valence electrons. The number of carboxylic acid groups (broad SMARTS) is 1. The summed E-state index contributed by atoms with van der Waals surface area (Å²) in [5.41, 5.74) is 0.974. The van der Waals surface area contributed by atoms with E-state index in [2.05, 4.69) is 5.32 Å². The van der Waals surface area contributed by atoms with Gasteiger partial charge in [0.1, 0.15) is 0 Å². The number of amides is 2. The summed E-state index contributed by atoms with van der Waals surface area (Å²) in [6, 6.07) is 6.66. The van der Waals surface area contributed by atoms with E-state index in [1.54, 1.807) is 24.3 Å². The van der Waals surface area contributed by atoms with Crippen molar-refractivity contribution in [3.8, 4) is 0 Å². The molecule has 6 heteroatoms. The minimum atomic E-state index is -0.935. The molecule has 1 fully saturated rings. The largest absolute Gasteiger partial charge is 0.481 e. The van der Waals surface area contributed by atoms with Crippen molar-refractivity contribution in [3.05, 3.63) is 35.4 Å². The fourth-order valence-corrected chi connectivity index (χ4v) is 2.24. The van der Waals surface area contributed by atoms with Crippen LogP contribution >= 0.6 is 0 Å². The summed E-state index contributed by atoms with van der Waals surface area (Å²) in [7, 11) is 0. The maximum atomic E-state index is 12.5. The molecule has 0 radical (unpaired) electrons. The van der Waals surface area contributed by atoms with E-state index in [-0.39, 0.29) is 36.9 Å². The van der Waals surface area contributed by atoms with Gasteiger partial charge >= 0.3 is 5.97 Å². The van der Waals surface area contributed by atoms with Crippen molar-refractivity contribution in [2.45, 2.75) is 45.2 Å². The summed E-state index contributed by atoms with van der Waals surface area (Å²) in [6.07, 6.45) is 1.95. The number of hydrogen-bond donors (Lipinski definition) is 2. The molecule has 2 rings (SSSR count). The smallest absolute Gasteiger partial charge is 0.305 e. The zero-order chi connectivity index (χ0) is 17.0. The highest BCUT2D eigenvalue weighted by atomic mass is 16.4. The first kappa shape index (κ1) is 17.0. The fraction of sp³-hybridized carbons (Fsp3) is 0.471. The Kier molecular flexibility index (Phi) is 5.36. The molecule has 0 saturated heterocycles. The van der Waals surface area contributed by atoms with Crippen LogP contribution in [0.3, 0.4) is 0 Å². The highest BCUT2D eigenvalue weighted by Gasteiger charge is 2.24. The van der Waals surface area contributed by atoms with Crippen molar-refractivity contribution in [2.75, 3.05) is 6.54 Å². The number of rotatable bonds is 7. The lowest BCUT2D eigenvalue weighted by Gasteiger charge is -2.26. The molecule has 1 aliphatic carbocycles. The Hall–Kier alpha value is -2.37. The molecule has 0 spiro atoms. The van der Waals surface area contributed by atoms with E-state index in [0.29, 0.717) is 11.1 Å². The van der Waals surface area contributed by atoms with Crippen molar-refractivity contribution in [2.24, 2.45) is 0 Å². The van der Waals surface area contributed by atoms with Gasteiger partial charge in [-0.3, -0.25) is 14.4 Å². The minimum absolute atomic E-state index is 0.0915. The molecule has 2 N–H and O–H groups in total. The number of carbonyl (C=O) groups excluding carboxylic acids is 2. The molecule has 0 atom stereocenters. The maximum Gasteiger partial charge on any atom is 0.305 e. The number of aliphatic carboxylic acids is 1. The third-order valence-electron chi connectivity index (χ3n) is 3.76. The van der Waals surface area contributed by atoms with Crippen molar-refractivity contribution < 1.29 is 19.5 Å². The Morgan fingerprint density at radius 3 is 2.22 bits per heavy atom. The van der Waals surface area contributed by atoms with E-state index in [1.165, 1.54) is 4.90 Å². The van der Waals surface area contributed by atoms with Crippen LogP contribution in [0.2, 0.25) is 0 Å². The van der Waals surface area contributed by atoms with E-state index in [9.17, 15) is 14.4 Å². The zero-order valence-corrected chi connectivity index (χ0v) is 13.4. The van der Waals surface area contributed by atoms with Crippen molar-refractivity contribution in [1.82, 2.24) is 10.2 Å². The Morgan fingerprint density at radius 2 is 1.74 bits per heavy atom. The van der Waals surface area contributed by atoms with Crippen LogP contribution in [0.25, 0.3) is 0 Å². The monoisotopic (exact) mass is 318 g/mol. The Bertz CT molecular complexity index is 591. The number of nitrogens with zero attached hydrogens (tertiary/aromatic N) is 1. The van der Waals surface area contributed by atoms with Crippen LogP contribution in [-0.4, -0.2) is 46.4 Å². The van der Waals surface area contributed by atoms with E-state index in [1.807, 2.05) is 13.8 Å². The summed E-state index contributed by atoms with van der Waals surface area (Å²) in [6.45, 7) is 3.85. The van der Waals surface area contributed by atoms with Gasteiger partial charge < -0.3 is 15.3 Å². The molecule has 0 bridgehead atoms. The van der Waals surface area contributed by atoms with Gasteiger partial charge in [-0.15, -0.1) is 0 Å². The zero-order valence-electron chi connectivity index (χ0n) is 13.4. The number of carboxylic acids is 1. The molecule has 1 aromatic rings. The lowest BCUT2D eigenvalue weighted by Crippen LogP contribution is -2.38. The molecular weight excluding hydrogens is 296 g/mol. The molecule has 0 aliphatic heterocycles. The first-order valence-corrected chi connectivity index (χ1v) is 7.82. The topological polar surface area (TPSA) is 86.7 Å². The second-order valence-electron chi connectivity index (χ2n) is 6.06. The summed E-state index contributed by atoms with van der Waals surface area (Å²) in [5, 5.41) is 11.7. The summed E-state index contributed by atoms with van der Waals surface area (Å²) in [4.78, 5) is 36.7.